The maximum Gasteiger partial charge on any atom is 0.137 e. The first-order chi connectivity index (χ1) is 9.71. The van der Waals surface area contributed by atoms with Crippen molar-refractivity contribution in [3.63, 3.8) is 0 Å². The topological polar surface area (TPSA) is 12.5 Å². The van der Waals surface area contributed by atoms with Crippen LogP contribution in [0.3, 0.4) is 0 Å². The molecule has 1 aromatic carbocycles. The Morgan fingerprint density at radius 2 is 1.81 bits per heavy atom. The lowest BCUT2D eigenvalue weighted by atomic mass is 10.2. The molecule has 0 saturated heterocycles. The molecule has 0 atom stereocenters. The monoisotopic (exact) mass is 373 g/mol. The van der Waals surface area contributed by atoms with Crippen molar-refractivity contribution in [3.05, 3.63) is 28.8 Å². The standard InChI is InChI=1S/C15H22Cl3NO.ClH/c1-2-3-10-20-15-5-4-13(11-14(15)18)12-19(8-6-16)9-7-17;/h4-5,11H,2-3,6-10,12H2,1H3;1H. The van der Waals surface area contributed by atoms with Gasteiger partial charge >= 0.3 is 0 Å². The molecule has 0 spiro atoms. The highest BCUT2D eigenvalue weighted by molar-refractivity contribution is 6.32. The average Bonchev–Trinajstić information content (AvgIpc) is 2.42. The lowest BCUT2D eigenvalue weighted by Crippen LogP contribution is -2.27. The zero-order chi connectivity index (χ0) is 14.8. The highest BCUT2D eigenvalue weighted by Crippen LogP contribution is 2.26. The number of alkyl halides is 2. The fourth-order valence-electron chi connectivity index (χ4n) is 1.85. The third-order valence-corrected chi connectivity index (χ3v) is 3.59. The molecule has 0 bridgehead atoms. The number of rotatable bonds is 10. The Bertz CT molecular complexity index is 384. The molecule has 21 heavy (non-hydrogen) atoms. The van der Waals surface area contributed by atoms with Crippen molar-refractivity contribution in [2.75, 3.05) is 31.5 Å². The minimum atomic E-state index is 0. The van der Waals surface area contributed by atoms with Crippen molar-refractivity contribution in [2.45, 2.75) is 26.3 Å². The molecular weight excluding hydrogens is 352 g/mol. The molecular formula is C15H23Cl4NO. The van der Waals surface area contributed by atoms with Gasteiger partial charge < -0.3 is 4.74 Å². The molecule has 0 saturated carbocycles. The van der Waals surface area contributed by atoms with Crippen LogP contribution in [-0.4, -0.2) is 36.4 Å². The molecule has 6 heteroatoms. The van der Waals surface area contributed by atoms with E-state index in [1.54, 1.807) is 0 Å². The highest BCUT2D eigenvalue weighted by Gasteiger charge is 2.08. The predicted octanol–water partition coefficient (Wildman–Crippen LogP) is 5.22. The summed E-state index contributed by atoms with van der Waals surface area (Å²) in [6.07, 6.45) is 2.15. The van der Waals surface area contributed by atoms with Crippen molar-refractivity contribution in [1.82, 2.24) is 4.90 Å². The van der Waals surface area contributed by atoms with Crippen LogP contribution in [0.2, 0.25) is 5.02 Å². The van der Waals surface area contributed by atoms with E-state index in [2.05, 4.69) is 11.8 Å². The smallest absolute Gasteiger partial charge is 0.137 e. The van der Waals surface area contributed by atoms with E-state index >= 15 is 0 Å². The number of benzene rings is 1. The largest absolute Gasteiger partial charge is 0.492 e. The molecule has 0 aliphatic rings. The zero-order valence-corrected chi connectivity index (χ0v) is 15.4. The number of ether oxygens (including phenoxy) is 1. The molecule has 0 radical (unpaired) electrons. The van der Waals surface area contributed by atoms with Gasteiger partial charge in [0.1, 0.15) is 5.75 Å². The van der Waals surface area contributed by atoms with Gasteiger partial charge in [-0.1, -0.05) is 31.0 Å². The van der Waals surface area contributed by atoms with Gasteiger partial charge in [0.15, 0.2) is 0 Å². The van der Waals surface area contributed by atoms with E-state index in [0.717, 1.165) is 43.8 Å². The molecule has 2 nitrogen and oxygen atoms in total. The van der Waals surface area contributed by atoms with E-state index in [9.17, 15) is 0 Å². The summed E-state index contributed by atoms with van der Waals surface area (Å²) >= 11 is 17.8. The number of unbranched alkanes of at least 4 members (excludes halogenated alkanes) is 1. The van der Waals surface area contributed by atoms with E-state index in [1.807, 2.05) is 18.2 Å². The minimum Gasteiger partial charge on any atom is -0.492 e. The second-order valence-electron chi connectivity index (χ2n) is 4.62. The van der Waals surface area contributed by atoms with Crippen LogP contribution in [0, 0.1) is 0 Å². The lowest BCUT2D eigenvalue weighted by molar-refractivity contribution is 0.297. The third kappa shape index (κ3) is 8.37. The van der Waals surface area contributed by atoms with E-state index < -0.39 is 0 Å². The Morgan fingerprint density at radius 1 is 1.14 bits per heavy atom. The Balaban J connectivity index is 0.00000400. The molecule has 0 aliphatic carbocycles. The van der Waals surface area contributed by atoms with Crippen LogP contribution in [-0.2, 0) is 6.54 Å². The lowest BCUT2D eigenvalue weighted by Gasteiger charge is -2.20. The van der Waals surface area contributed by atoms with Crippen molar-refractivity contribution in [1.29, 1.82) is 0 Å². The summed E-state index contributed by atoms with van der Waals surface area (Å²) in [5.41, 5.74) is 1.15. The average molecular weight is 375 g/mol. The van der Waals surface area contributed by atoms with Crippen LogP contribution in [0.25, 0.3) is 0 Å². The van der Waals surface area contributed by atoms with Gasteiger partial charge in [-0.25, -0.2) is 0 Å². The van der Waals surface area contributed by atoms with E-state index in [0.29, 0.717) is 23.4 Å². The first-order valence-corrected chi connectivity index (χ1v) is 8.41. The third-order valence-electron chi connectivity index (χ3n) is 2.96. The van der Waals surface area contributed by atoms with Crippen molar-refractivity contribution < 1.29 is 4.74 Å². The Labute approximate surface area is 149 Å². The molecule has 0 aromatic heterocycles. The summed E-state index contributed by atoms with van der Waals surface area (Å²) in [4.78, 5) is 2.21. The number of halogens is 4. The van der Waals surface area contributed by atoms with Crippen molar-refractivity contribution in [3.8, 4) is 5.75 Å². The first-order valence-electron chi connectivity index (χ1n) is 6.96. The SMILES string of the molecule is CCCCOc1ccc(CN(CCCl)CCCl)cc1Cl.Cl. The van der Waals surface area contributed by atoms with Crippen molar-refractivity contribution in [2.24, 2.45) is 0 Å². The second-order valence-corrected chi connectivity index (χ2v) is 5.78. The van der Waals surface area contributed by atoms with Crippen LogP contribution >= 0.6 is 47.2 Å². The van der Waals surface area contributed by atoms with Crippen LogP contribution in [0.5, 0.6) is 5.75 Å². The highest BCUT2D eigenvalue weighted by atomic mass is 35.5. The van der Waals surface area contributed by atoms with Gasteiger partial charge in [-0.3, -0.25) is 4.90 Å². The molecule has 0 unspecified atom stereocenters. The normalized spacial score (nSPS) is 10.5. The summed E-state index contributed by atoms with van der Waals surface area (Å²) < 4.78 is 5.64. The number of hydrogen-bond donors (Lipinski definition) is 0. The molecule has 0 fully saturated rings. The van der Waals surface area contributed by atoms with Gasteiger partial charge in [0.25, 0.3) is 0 Å². The molecule has 0 N–H and O–H groups in total. The summed E-state index contributed by atoms with van der Waals surface area (Å²) in [5.74, 6) is 1.95. The van der Waals surface area contributed by atoms with Crippen LogP contribution < -0.4 is 4.74 Å². The van der Waals surface area contributed by atoms with Gasteiger partial charge in [0.2, 0.25) is 0 Å². The van der Waals surface area contributed by atoms with Crippen LogP contribution in [0.15, 0.2) is 18.2 Å². The molecule has 122 valence electrons. The maximum atomic E-state index is 6.25. The quantitative estimate of drug-likeness (QED) is 0.411. The summed E-state index contributed by atoms with van der Waals surface area (Å²) in [5, 5.41) is 0.662. The van der Waals surface area contributed by atoms with Gasteiger partial charge in [-0.15, -0.1) is 35.6 Å². The molecule has 1 rings (SSSR count). The number of nitrogens with zero attached hydrogens (tertiary/aromatic N) is 1. The van der Waals surface area contributed by atoms with Crippen LogP contribution in [0.1, 0.15) is 25.3 Å². The van der Waals surface area contributed by atoms with Gasteiger partial charge in [-0.2, -0.15) is 0 Å². The van der Waals surface area contributed by atoms with E-state index in [-0.39, 0.29) is 12.4 Å². The molecule has 0 aliphatic heterocycles. The summed E-state index contributed by atoms with van der Waals surface area (Å²) in [6, 6.07) is 5.94. The van der Waals surface area contributed by atoms with Gasteiger partial charge in [-0.05, 0) is 24.1 Å². The minimum absolute atomic E-state index is 0. The number of hydrogen-bond acceptors (Lipinski definition) is 2. The molecule has 0 heterocycles. The Morgan fingerprint density at radius 3 is 2.33 bits per heavy atom. The molecule has 1 aromatic rings. The van der Waals surface area contributed by atoms with Crippen LogP contribution in [0.4, 0.5) is 0 Å². The van der Waals surface area contributed by atoms with Crippen molar-refractivity contribution >= 4 is 47.2 Å². The summed E-state index contributed by atoms with van der Waals surface area (Å²) in [6.45, 7) is 5.28. The zero-order valence-electron chi connectivity index (χ0n) is 12.3. The molecule has 0 amide bonds. The Kier molecular flexibility index (Phi) is 12.7. The summed E-state index contributed by atoms with van der Waals surface area (Å²) in [7, 11) is 0. The Hall–Kier alpha value is 0.140. The van der Waals surface area contributed by atoms with Gasteiger partial charge in [0, 0.05) is 31.4 Å². The van der Waals surface area contributed by atoms with Gasteiger partial charge in [0.05, 0.1) is 11.6 Å². The predicted molar refractivity (Wildman–Crippen MR) is 95.8 cm³/mol. The first kappa shape index (κ1) is 21.1. The fourth-order valence-corrected chi connectivity index (χ4v) is 2.59. The second kappa shape index (κ2) is 12.7. The fraction of sp³-hybridized carbons (Fsp3) is 0.600. The van der Waals surface area contributed by atoms with E-state index in [4.69, 9.17) is 39.5 Å². The maximum absolute atomic E-state index is 6.25. The van der Waals surface area contributed by atoms with E-state index in [1.165, 1.54) is 0 Å².